The normalized spacial score (nSPS) is 11.4. The maximum atomic E-state index is 11.9. The van der Waals surface area contributed by atoms with Crippen molar-refractivity contribution in [2.75, 3.05) is 6.61 Å². The Labute approximate surface area is 176 Å². The smallest absolute Gasteiger partial charge is 0.277 e. The van der Waals surface area contributed by atoms with Crippen molar-refractivity contribution in [1.29, 1.82) is 0 Å². The lowest BCUT2D eigenvalue weighted by Gasteiger charge is -2.26. The Balaban J connectivity index is 1.53. The fourth-order valence-electron chi connectivity index (χ4n) is 2.94. The number of carbonyl (C=O) groups is 1. The van der Waals surface area contributed by atoms with Crippen LogP contribution in [0.4, 0.5) is 0 Å². The highest BCUT2D eigenvalue weighted by atomic mass is 35.5. The molecule has 148 valence electrons. The van der Waals surface area contributed by atoms with E-state index in [2.05, 4.69) is 36.5 Å². The molecule has 3 aromatic rings. The Morgan fingerprint density at radius 3 is 2.38 bits per heavy atom. The van der Waals surface area contributed by atoms with Gasteiger partial charge in [-0.2, -0.15) is 5.10 Å². The van der Waals surface area contributed by atoms with Crippen molar-refractivity contribution in [3.63, 3.8) is 0 Å². The number of nitrogens with zero attached hydrogens (tertiary/aromatic N) is 1. The van der Waals surface area contributed by atoms with E-state index >= 15 is 0 Å². The summed E-state index contributed by atoms with van der Waals surface area (Å²) in [5.74, 6) is 0.295. The molecule has 3 aromatic carbocycles. The fourth-order valence-corrected chi connectivity index (χ4v) is 3.13. The predicted octanol–water partition coefficient (Wildman–Crippen LogP) is 5.20. The number of nitrogens with one attached hydrogen (secondary N) is 1. The van der Waals surface area contributed by atoms with Crippen molar-refractivity contribution >= 4 is 23.7 Å². The highest BCUT2D eigenvalue weighted by Crippen LogP contribution is 2.32. The molecule has 3 rings (SSSR count). The molecule has 0 spiro atoms. The van der Waals surface area contributed by atoms with Crippen LogP contribution in [0, 0.1) is 0 Å². The minimum Gasteiger partial charge on any atom is -0.484 e. The van der Waals surface area contributed by atoms with Gasteiger partial charge in [0.25, 0.3) is 5.91 Å². The number of halogens is 1. The SMILES string of the molecule is CC(C)(c1ccccc1)c1ccc(OCC(=O)NN=Cc2cccc(Cl)c2)cc1. The van der Waals surface area contributed by atoms with E-state index in [1.807, 2.05) is 54.6 Å². The van der Waals surface area contributed by atoms with Gasteiger partial charge in [-0.05, 0) is 41.0 Å². The first-order valence-corrected chi connectivity index (χ1v) is 9.69. The zero-order valence-electron chi connectivity index (χ0n) is 16.4. The minimum atomic E-state index is -0.336. The Morgan fingerprint density at radius 1 is 1.00 bits per heavy atom. The first kappa shape index (κ1) is 20.6. The molecule has 0 saturated carbocycles. The number of hydrogen-bond acceptors (Lipinski definition) is 3. The zero-order chi connectivity index (χ0) is 20.7. The van der Waals surface area contributed by atoms with Crippen molar-refractivity contribution in [3.05, 3.63) is 101 Å². The van der Waals surface area contributed by atoms with Crippen LogP contribution < -0.4 is 10.2 Å². The summed E-state index contributed by atoms with van der Waals surface area (Å²) >= 11 is 5.91. The lowest BCUT2D eigenvalue weighted by atomic mass is 9.78. The first-order chi connectivity index (χ1) is 13.9. The van der Waals surface area contributed by atoms with Gasteiger partial charge in [-0.3, -0.25) is 4.79 Å². The molecular formula is C24H23ClN2O2. The molecule has 29 heavy (non-hydrogen) atoms. The maximum absolute atomic E-state index is 11.9. The third-order valence-corrected chi connectivity index (χ3v) is 4.93. The summed E-state index contributed by atoms with van der Waals surface area (Å²) in [7, 11) is 0. The van der Waals surface area contributed by atoms with Crippen LogP contribution in [0.5, 0.6) is 5.75 Å². The lowest BCUT2D eigenvalue weighted by Crippen LogP contribution is -2.24. The van der Waals surface area contributed by atoms with Crippen LogP contribution in [0.25, 0.3) is 0 Å². The van der Waals surface area contributed by atoms with E-state index < -0.39 is 0 Å². The number of carbonyl (C=O) groups excluding carboxylic acids is 1. The molecule has 0 aromatic heterocycles. The number of rotatable bonds is 7. The summed E-state index contributed by atoms with van der Waals surface area (Å²) in [6.45, 7) is 4.25. The van der Waals surface area contributed by atoms with E-state index in [-0.39, 0.29) is 17.9 Å². The molecule has 0 bridgehead atoms. The van der Waals surface area contributed by atoms with Gasteiger partial charge < -0.3 is 4.74 Å². The van der Waals surface area contributed by atoms with E-state index in [0.29, 0.717) is 10.8 Å². The molecule has 0 fully saturated rings. The molecule has 0 heterocycles. The van der Waals surface area contributed by atoms with Crippen LogP contribution in [0.15, 0.2) is 84.0 Å². The Hall–Kier alpha value is -3.11. The molecule has 0 saturated heterocycles. The van der Waals surface area contributed by atoms with Crippen LogP contribution in [-0.4, -0.2) is 18.7 Å². The summed E-state index contributed by atoms with van der Waals surface area (Å²) < 4.78 is 5.56. The zero-order valence-corrected chi connectivity index (χ0v) is 17.2. The van der Waals surface area contributed by atoms with Crippen molar-refractivity contribution in [2.24, 2.45) is 5.10 Å². The number of ether oxygens (including phenoxy) is 1. The Bertz CT molecular complexity index is 983. The fraction of sp³-hybridized carbons (Fsp3) is 0.167. The van der Waals surface area contributed by atoms with Crippen molar-refractivity contribution < 1.29 is 9.53 Å². The second-order valence-electron chi connectivity index (χ2n) is 7.15. The van der Waals surface area contributed by atoms with Crippen molar-refractivity contribution in [3.8, 4) is 5.75 Å². The Morgan fingerprint density at radius 2 is 1.69 bits per heavy atom. The molecular weight excluding hydrogens is 384 g/mol. The van der Waals surface area contributed by atoms with E-state index in [4.69, 9.17) is 16.3 Å². The van der Waals surface area contributed by atoms with Gasteiger partial charge in [0.15, 0.2) is 6.61 Å². The van der Waals surface area contributed by atoms with Gasteiger partial charge in [-0.1, -0.05) is 80.0 Å². The Kier molecular flexibility index (Phi) is 6.68. The minimum absolute atomic E-state index is 0.117. The molecule has 1 amide bonds. The molecule has 0 atom stereocenters. The standard InChI is InChI=1S/C24H23ClN2O2/c1-24(2,19-8-4-3-5-9-19)20-11-13-22(14-12-20)29-17-23(28)27-26-16-18-7-6-10-21(25)15-18/h3-16H,17H2,1-2H3,(H,27,28). The highest BCUT2D eigenvalue weighted by Gasteiger charge is 2.22. The van der Waals surface area contributed by atoms with Gasteiger partial charge in [-0.25, -0.2) is 5.43 Å². The van der Waals surface area contributed by atoms with Crippen LogP contribution in [0.1, 0.15) is 30.5 Å². The second kappa shape index (κ2) is 9.39. The maximum Gasteiger partial charge on any atom is 0.277 e. The number of hydrazone groups is 1. The van der Waals surface area contributed by atoms with Crippen LogP contribution >= 0.6 is 11.6 Å². The lowest BCUT2D eigenvalue weighted by molar-refractivity contribution is -0.123. The highest BCUT2D eigenvalue weighted by molar-refractivity contribution is 6.30. The van der Waals surface area contributed by atoms with Crippen LogP contribution in [0.2, 0.25) is 5.02 Å². The summed E-state index contributed by atoms with van der Waals surface area (Å²) in [6.07, 6.45) is 1.53. The van der Waals surface area contributed by atoms with Crippen molar-refractivity contribution in [2.45, 2.75) is 19.3 Å². The largest absolute Gasteiger partial charge is 0.484 e. The van der Waals surface area contributed by atoms with Gasteiger partial charge in [0, 0.05) is 10.4 Å². The van der Waals surface area contributed by atoms with Crippen molar-refractivity contribution in [1.82, 2.24) is 5.43 Å². The molecule has 0 aliphatic carbocycles. The van der Waals surface area contributed by atoms with Crippen LogP contribution in [0.3, 0.4) is 0 Å². The average Bonchev–Trinajstić information content (AvgIpc) is 2.73. The predicted molar refractivity (Wildman–Crippen MR) is 118 cm³/mol. The van der Waals surface area contributed by atoms with E-state index in [1.54, 1.807) is 12.1 Å². The first-order valence-electron chi connectivity index (χ1n) is 9.31. The van der Waals surface area contributed by atoms with Gasteiger partial charge >= 0.3 is 0 Å². The number of benzene rings is 3. The molecule has 4 nitrogen and oxygen atoms in total. The summed E-state index contributed by atoms with van der Waals surface area (Å²) in [5.41, 5.74) is 5.54. The van der Waals surface area contributed by atoms with Gasteiger partial charge in [0.05, 0.1) is 6.21 Å². The average molecular weight is 407 g/mol. The molecule has 5 heteroatoms. The second-order valence-corrected chi connectivity index (χ2v) is 7.59. The topological polar surface area (TPSA) is 50.7 Å². The van der Waals surface area contributed by atoms with Gasteiger partial charge in [0.1, 0.15) is 5.75 Å². The van der Waals surface area contributed by atoms with E-state index in [1.165, 1.54) is 17.3 Å². The molecule has 1 N–H and O–H groups in total. The van der Waals surface area contributed by atoms with E-state index in [9.17, 15) is 4.79 Å². The third kappa shape index (κ3) is 5.69. The van der Waals surface area contributed by atoms with Crippen LogP contribution in [-0.2, 0) is 10.2 Å². The summed E-state index contributed by atoms with van der Waals surface area (Å²) in [4.78, 5) is 11.9. The number of hydrogen-bond donors (Lipinski definition) is 1. The number of amides is 1. The monoisotopic (exact) mass is 406 g/mol. The quantitative estimate of drug-likeness (QED) is 0.433. The molecule has 0 aliphatic heterocycles. The van der Waals surface area contributed by atoms with Gasteiger partial charge in [0.2, 0.25) is 0 Å². The summed E-state index contributed by atoms with van der Waals surface area (Å²) in [5, 5.41) is 4.53. The van der Waals surface area contributed by atoms with E-state index in [0.717, 1.165) is 5.56 Å². The molecule has 0 aliphatic rings. The molecule has 0 radical (unpaired) electrons. The third-order valence-electron chi connectivity index (χ3n) is 4.69. The summed E-state index contributed by atoms with van der Waals surface area (Å²) in [6, 6.07) is 25.3. The molecule has 0 unspecified atom stereocenters. The van der Waals surface area contributed by atoms with Gasteiger partial charge in [-0.15, -0.1) is 0 Å².